The summed E-state index contributed by atoms with van der Waals surface area (Å²) >= 11 is 2.39. The third kappa shape index (κ3) is 3.78. The van der Waals surface area contributed by atoms with Crippen molar-refractivity contribution in [3.05, 3.63) is 48.2 Å². The van der Waals surface area contributed by atoms with Crippen LogP contribution in [0.15, 0.2) is 42.0 Å². The summed E-state index contributed by atoms with van der Waals surface area (Å²) in [7, 11) is 1.27. The Hall–Kier alpha value is -3.52. The molecule has 0 aromatic carbocycles. The molecule has 1 saturated heterocycles. The van der Waals surface area contributed by atoms with Crippen molar-refractivity contribution in [3.63, 3.8) is 0 Å². The molecule has 2 aliphatic rings. The molecule has 2 atom stereocenters. The van der Waals surface area contributed by atoms with Gasteiger partial charge in [0.05, 0.1) is 5.56 Å². The predicted octanol–water partition coefficient (Wildman–Crippen LogP) is -0.559. The molecule has 4 N–H and O–H groups in total. The Morgan fingerprint density at radius 3 is 2.84 bits per heavy atom. The molecular weight excluding hydrogens is 458 g/mol. The molecule has 2 aromatic heterocycles. The summed E-state index contributed by atoms with van der Waals surface area (Å²) in [5.74, 6) is -1.42. The van der Waals surface area contributed by atoms with E-state index in [1.165, 1.54) is 31.0 Å². The lowest BCUT2D eigenvalue weighted by Crippen LogP contribution is -2.82. The van der Waals surface area contributed by atoms with Gasteiger partial charge in [0.25, 0.3) is 11.8 Å². The number of carbonyl (C=O) groups is 3. The highest BCUT2D eigenvalue weighted by atomic mass is 32.2. The number of anilines is 1. The van der Waals surface area contributed by atoms with Gasteiger partial charge in [-0.3, -0.25) is 9.59 Å². The Morgan fingerprint density at radius 1 is 1.47 bits per heavy atom. The van der Waals surface area contributed by atoms with Crippen molar-refractivity contribution in [3.8, 4) is 0 Å². The molecule has 4 rings (SSSR count). The minimum atomic E-state index is -1.31. The topological polar surface area (TPSA) is 164 Å². The van der Waals surface area contributed by atoms with Crippen LogP contribution in [0.25, 0.3) is 0 Å². The Labute approximate surface area is 189 Å². The fraction of sp³-hybridized carbons (Fsp3) is 0.278. The van der Waals surface area contributed by atoms with Gasteiger partial charge in [-0.05, 0) is 0 Å². The van der Waals surface area contributed by atoms with Crippen LogP contribution >= 0.6 is 23.3 Å². The third-order valence-corrected chi connectivity index (χ3v) is 6.74. The molecule has 0 spiro atoms. The first-order valence-electron chi connectivity index (χ1n) is 9.22. The maximum atomic E-state index is 13.2. The zero-order chi connectivity index (χ0) is 22.9. The normalized spacial score (nSPS) is 22.2. The van der Waals surface area contributed by atoms with Crippen molar-refractivity contribution in [1.82, 2.24) is 19.6 Å². The van der Waals surface area contributed by atoms with E-state index >= 15 is 0 Å². The van der Waals surface area contributed by atoms with E-state index in [-0.39, 0.29) is 40.1 Å². The Balaban J connectivity index is 1.66. The first kappa shape index (κ1) is 21.7. The number of rotatable bonds is 7. The minimum absolute atomic E-state index is 0.0136. The van der Waals surface area contributed by atoms with E-state index in [4.69, 9.17) is 15.7 Å². The number of carboxylic acid groups (broad SMARTS) is 1. The number of hydrogen-bond acceptors (Lipinski definition) is 10. The number of nitrogens with one attached hydrogen (secondary N) is 1. The van der Waals surface area contributed by atoms with Gasteiger partial charge in [-0.15, -0.1) is 11.8 Å². The summed E-state index contributed by atoms with van der Waals surface area (Å²) in [6.07, 6.45) is 6.64. The Kier molecular flexibility index (Phi) is 5.80. The highest BCUT2D eigenvalue weighted by Gasteiger charge is 2.65. The Morgan fingerprint density at radius 2 is 2.22 bits per heavy atom. The van der Waals surface area contributed by atoms with E-state index < -0.39 is 17.4 Å². The van der Waals surface area contributed by atoms with Crippen LogP contribution in [0.4, 0.5) is 5.13 Å². The number of oxime groups is 1. The van der Waals surface area contributed by atoms with Crippen molar-refractivity contribution in [2.24, 2.45) is 5.16 Å². The van der Waals surface area contributed by atoms with Gasteiger partial charge in [0.1, 0.15) is 12.5 Å². The van der Waals surface area contributed by atoms with Crippen LogP contribution in [-0.2, 0) is 21.0 Å². The quantitative estimate of drug-likeness (QED) is 0.206. The summed E-state index contributed by atoms with van der Waals surface area (Å²) in [5.41, 5.74) is 4.21. The molecule has 2 amide bonds. The minimum Gasteiger partial charge on any atom is -0.478 e. The number of carboxylic acids is 1. The molecule has 14 heteroatoms. The number of carbonyl (C=O) groups excluding carboxylic acids is 2. The second-order valence-electron chi connectivity index (χ2n) is 6.85. The van der Waals surface area contributed by atoms with Gasteiger partial charge < -0.3 is 25.9 Å². The van der Waals surface area contributed by atoms with Crippen LogP contribution in [0, 0.1) is 0 Å². The molecule has 0 radical (unpaired) electrons. The van der Waals surface area contributed by atoms with Crippen molar-refractivity contribution in [2.45, 2.75) is 17.5 Å². The monoisotopic (exact) mass is 476 g/mol. The number of β-lactam (4-membered cyclic amide) rings is 1. The molecule has 1 unspecified atom stereocenters. The average Bonchev–Trinajstić information content (AvgIpc) is 3.22. The highest BCUT2D eigenvalue weighted by Crippen LogP contribution is 2.41. The van der Waals surface area contributed by atoms with Gasteiger partial charge in [-0.2, -0.15) is 9.36 Å². The van der Waals surface area contributed by atoms with Crippen LogP contribution in [0.2, 0.25) is 0 Å². The molecule has 0 bridgehead atoms. The molecule has 32 heavy (non-hydrogen) atoms. The number of nitrogens with two attached hydrogens (primary N) is 1. The van der Waals surface area contributed by atoms with Crippen molar-refractivity contribution in [2.75, 3.05) is 18.6 Å². The largest absolute Gasteiger partial charge is 0.478 e. The number of fused-ring (bicyclic) bond motifs is 1. The molecule has 1 fully saturated rings. The molecule has 166 valence electrons. The summed E-state index contributed by atoms with van der Waals surface area (Å²) in [4.78, 5) is 47.8. The molecule has 2 aromatic rings. The number of amides is 2. The molecular formula is C18H18N7O5S2+. The number of nitrogen functional groups attached to an aromatic ring is 1. The van der Waals surface area contributed by atoms with E-state index in [9.17, 15) is 14.4 Å². The van der Waals surface area contributed by atoms with Crippen LogP contribution in [0.1, 0.15) is 16.2 Å². The average molecular weight is 477 g/mol. The first-order valence-corrected chi connectivity index (χ1v) is 11.0. The summed E-state index contributed by atoms with van der Waals surface area (Å²) in [6.45, 7) is 0.0758. The van der Waals surface area contributed by atoms with E-state index in [0.717, 1.165) is 11.5 Å². The van der Waals surface area contributed by atoms with Gasteiger partial charge in [0.15, 0.2) is 24.1 Å². The highest BCUT2D eigenvalue weighted by molar-refractivity contribution is 8.00. The summed E-state index contributed by atoms with van der Waals surface area (Å²) in [5, 5.41) is 15.4. The molecule has 0 saturated carbocycles. The van der Waals surface area contributed by atoms with Gasteiger partial charge in [0, 0.05) is 35.6 Å². The second-order valence-corrected chi connectivity index (χ2v) is 8.75. The van der Waals surface area contributed by atoms with Crippen molar-refractivity contribution in [1.29, 1.82) is 0 Å². The number of aromatic nitrogens is 3. The van der Waals surface area contributed by atoms with Crippen LogP contribution in [0.5, 0.6) is 0 Å². The number of hydrogen-bond donors (Lipinski definition) is 3. The lowest BCUT2D eigenvalue weighted by molar-refractivity contribution is -0.704. The van der Waals surface area contributed by atoms with Crippen LogP contribution in [-0.4, -0.2) is 66.6 Å². The smallest absolute Gasteiger partial charge is 0.336 e. The SMILES string of the molecule is CON=C(C(=O)NC1(C[n+]2ccc(C(=O)O)cc2)C(=O)N2C=CCS[C@H]21)c1nsc(N)n1. The van der Waals surface area contributed by atoms with E-state index in [2.05, 4.69) is 19.8 Å². The van der Waals surface area contributed by atoms with Crippen LogP contribution in [0.3, 0.4) is 0 Å². The standard InChI is InChI=1S/C18H17N7O5S2/c1-30-22-11(12-20-17(19)32-23-12)13(26)21-18(15(29)25-5-2-8-31-16(18)25)9-24-6-3-10(4-7-24)14(27)28/h2-7,16H,8-9H2,1H3,(H3-,19,20,21,23,26,27,28)/p+1/t16-,18?/m0/s1. The lowest BCUT2D eigenvalue weighted by Gasteiger charge is -2.53. The lowest BCUT2D eigenvalue weighted by atomic mass is 9.87. The van der Waals surface area contributed by atoms with Gasteiger partial charge in [-0.1, -0.05) is 11.2 Å². The van der Waals surface area contributed by atoms with Crippen molar-refractivity contribution >= 4 is 51.9 Å². The molecule has 0 aliphatic carbocycles. The van der Waals surface area contributed by atoms with Crippen molar-refractivity contribution < 1.29 is 28.9 Å². The zero-order valence-corrected chi connectivity index (χ0v) is 18.3. The molecule has 12 nitrogen and oxygen atoms in total. The second kappa shape index (κ2) is 8.55. The fourth-order valence-corrected chi connectivity index (χ4v) is 5.11. The van der Waals surface area contributed by atoms with E-state index in [0.29, 0.717) is 5.75 Å². The van der Waals surface area contributed by atoms with Gasteiger partial charge in [-0.25, -0.2) is 9.36 Å². The predicted molar refractivity (Wildman–Crippen MR) is 115 cm³/mol. The first-order chi connectivity index (χ1) is 15.4. The van der Waals surface area contributed by atoms with Crippen LogP contribution < -0.4 is 15.6 Å². The molecule has 4 heterocycles. The number of pyridine rings is 1. The summed E-state index contributed by atoms with van der Waals surface area (Å²) < 4.78 is 5.65. The van der Waals surface area contributed by atoms with Gasteiger partial charge in [0.2, 0.25) is 17.1 Å². The van der Waals surface area contributed by atoms with E-state index in [1.54, 1.807) is 28.1 Å². The fourth-order valence-electron chi connectivity index (χ4n) is 3.45. The number of aromatic carboxylic acids is 1. The maximum Gasteiger partial charge on any atom is 0.336 e. The number of nitrogens with zero attached hydrogens (tertiary/aromatic N) is 5. The zero-order valence-electron chi connectivity index (χ0n) is 16.7. The molecule has 2 aliphatic heterocycles. The maximum absolute atomic E-state index is 13.2. The third-order valence-electron chi connectivity index (χ3n) is 4.86. The Bertz CT molecular complexity index is 1130. The van der Waals surface area contributed by atoms with E-state index in [1.807, 2.05) is 6.08 Å². The summed E-state index contributed by atoms with van der Waals surface area (Å²) in [6, 6.07) is 2.85. The van der Waals surface area contributed by atoms with Gasteiger partial charge >= 0.3 is 5.97 Å². The number of thioether (sulfide) groups is 1.